The molecule has 0 aliphatic carbocycles. The summed E-state index contributed by atoms with van der Waals surface area (Å²) in [4.78, 5) is 11.2. The van der Waals surface area contributed by atoms with E-state index in [2.05, 4.69) is 6.92 Å². The molecule has 22 heavy (non-hydrogen) atoms. The second kappa shape index (κ2) is 12.2. The summed E-state index contributed by atoms with van der Waals surface area (Å²) in [5.74, 6) is -0.872. The van der Waals surface area contributed by atoms with Crippen molar-refractivity contribution in [3.05, 3.63) is 35.9 Å². The number of unbranched alkanes of at least 4 members (excludes halogenated alkanes) is 7. The van der Waals surface area contributed by atoms with Gasteiger partial charge in [0.1, 0.15) is 0 Å². The van der Waals surface area contributed by atoms with Crippen LogP contribution in [0, 0.1) is 0 Å². The monoisotopic (exact) mass is 306 g/mol. The van der Waals surface area contributed by atoms with E-state index in [0.717, 1.165) is 18.4 Å². The molecule has 1 aromatic carbocycles. The first kappa shape index (κ1) is 18.7. The Kier molecular flexibility index (Phi) is 10.4. The van der Waals surface area contributed by atoms with E-state index in [0.29, 0.717) is 13.0 Å². The zero-order valence-electron chi connectivity index (χ0n) is 13.8. The Morgan fingerprint density at radius 1 is 1.00 bits per heavy atom. The molecule has 0 fully saturated rings. The Hall–Kier alpha value is -1.35. The van der Waals surface area contributed by atoms with E-state index in [-0.39, 0.29) is 0 Å². The summed E-state index contributed by atoms with van der Waals surface area (Å²) in [5, 5.41) is 9.23. The quantitative estimate of drug-likeness (QED) is 0.530. The molecule has 3 heteroatoms. The molecule has 1 unspecified atom stereocenters. The molecule has 124 valence electrons. The Labute approximate surface area is 134 Å². The smallest absolute Gasteiger partial charge is 0.333 e. The molecular weight excluding hydrogens is 276 g/mol. The summed E-state index contributed by atoms with van der Waals surface area (Å²) in [5.41, 5.74) is 1.01. The van der Waals surface area contributed by atoms with Gasteiger partial charge in [-0.1, -0.05) is 82.2 Å². The van der Waals surface area contributed by atoms with Crippen LogP contribution in [-0.2, 0) is 16.0 Å². The van der Waals surface area contributed by atoms with E-state index < -0.39 is 12.1 Å². The van der Waals surface area contributed by atoms with Crippen LogP contribution < -0.4 is 0 Å². The van der Waals surface area contributed by atoms with Crippen molar-refractivity contribution in [1.29, 1.82) is 0 Å². The normalized spacial score (nSPS) is 12.2. The van der Waals surface area contributed by atoms with Crippen molar-refractivity contribution >= 4 is 5.97 Å². The van der Waals surface area contributed by atoms with Crippen LogP contribution in [0.4, 0.5) is 0 Å². The van der Waals surface area contributed by atoms with Gasteiger partial charge in [0.25, 0.3) is 0 Å². The van der Waals surface area contributed by atoms with E-state index in [1.165, 1.54) is 38.5 Å². The predicted molar refractivity (Wildman–Crippen MR) is 90.1 cm³/mol. The van der Waals surface area contributed by atoms with Gasteiger partial charge in [0.05, 0.1) is 0 Å². The minimum absolute atomic E-state index is 0.438. The standard InChI is InChI=1S/C19H30O3/c1-2-3-4-5-6-7-8-12-15-22-18(19(20)21)16-17-13-10-9-11-14-17/h9-11,13-14,18H,2-8,12,15-16H2,1H3,(H,20,21). The van der Waals surface area contributed by atoms with Crippen molar-refractivity contribution in [1.82, 2.24) is 0 Å². The molecule has 0 saturated carbocycles. The Morgan fingerprint density at radius 3 is 2.18 bits per heavy atom. The largest absolute Gasteiger partial charge is 0.479 e. The molecular formula is C19H30O3. The highest BCUT2D eigenvalue weighted by Crippen LogP contribution is 2.10. The fourth-order valence-electron chi connectivity index (χ4n) is 2.51. The maximum Gasteiger partial charge on any atom is 0.333 e. The molecule has 0 radical (unpaired) electrons. The van der Waals surface area contributed by atoms with Crippen LogP contribution in [0.3, 0.4) is 0 Å². The van der Waals surface area contributed by atoms with Gasteiger partial charge in [-0.25, -0.2) is 4.79 Å². The summed E-state index contributed by atoms with van der Waals surface area (Å²) in [6, 6.07) is 9.66. The van der Waals surface area contributed by atoms with Crippen molar-refractivity contribution in [2.45, 2.75) is 70.8 Å². The highest BCUT2D eigenvalue weighted by atomic mass is 16.5. The predicted octanol–water partition coefficient (Wildman–Crippen LogP) is 4.84. The van der Waals surface area contributed by atoms with E-state index in [1.54, 1.807) is 0 Å². The minimum Gasteiger partial charge on any atom is -0.479 e. The van der Waals surface area contributed by atoms with Gasteiger partial charge in [0.2, 0.25) is 0 Å². The molecule has 0 aliphatic heterocycles. The Morgan fingerprint density at radius 2 is 1.59 bits per heavy atom. The van der Waals surface area contributed by atoms with Crippen LogP contribution in [0.2, 0.25) is 0 Å². The van der Waals surface area contributed by atoms with Crippen LogP contribution in [0.25, 0.3) is 0 Å². The van der Waals surface area contributed by atoms with Crippen molar-refractivity contribution < 1.29 is 14.6 Å². The highest BCUT2D eigenvalue weighted by molar-refractivity contribution is 5.72. The lowest BCUT2D eigenvalue weighted by molar-refractivity contribution is -0.150. The molecule has 0 saturated heterocycles. The molecule has 1 N–H and O–H groups in total. The molecule has 3 nitrogen and oxygen atoms in total. The molecule has 0 bridgehead atoms. The number of carboxylic acid groups (broad SMARTS) is 1. The number of carbonyl (C=O) groups is 1. The zero-order chi connectivity index (χ0) is 16.0. The van der Waals surface area contributed by atoms with Crippen molar-refractivity contribution in [2.24, 2.45) is 0 Å². The Bertz CT molecular complexity index is 389. The fraction of sp³-hybridized carbons (Fsp3) is 0.632. The molecule has 0 aliphatic rings. The fourth-order valence-corrected chi connectivity index (χ4v) is 2.51. The van der Waals surface area contributed by atoms with Gasteiger partial charge < -0.3 is 9.84 Å². The summed E-state index contributed by atoms with van der Waals surface area (Å²) in [6.45, 7) is 2.77. The van der Waals surface area contributed by atoms with Crippen molar-refractivity contribution in [3.63, 3.8) is 0 Å². The molecule has 0 aromatic heterocycles. The first-order valence-corrected chi connectivity index (χ1v) is 8.62. The number of ether oxygens (including phenoxy) is 1. The summed E-state index contributed by atoms with van der Waals surface area (Å²) in [6.07, 6.45) is 9.58. The second-order valence-corrected chi connectivity index (χ2v) is 5.86. The number of hydrogen-bond acceptors (Lipinski definition) is 2. The summed E-state index contributed by atoms with van der Waals surface area (Å²) in [7, 11) is 0. The molecule has 1 aromatic rings. The van der Waals surface area contributed by atoms with Gasteiger partial charge in [-0.15, -0.1) is 0 Å². The number of benzene rings is 1. The average Bonchev–Trinajstić information content (AvgIpc) is 2.53. The minimum atomic E-state index is -0.872. The van der Waals surface area contributed by atoms with E-state index in [4.69, 9.17) is 4.74 Å². The number of carboxylic acids is 1. The maximum atomic E-state index is 11.2. The van der Waals surface area contributed by atoms with Crippen molar-refractivity contribution in [3.8, 4) is 0 Å². The van der Waals surface area contributed by atoms with Gasteiger partial charge in [-0.3, -0.25) is 0 Å². The summed E-state index contributed by atoms with van der Waals surface area (Å²) < 4.78 is 5.55. The van der Waals surface area contributed by atoms with Gasteiger partial charge in [0, 0.05) is 13.0 Å². The van der Waals surface area contributed by atoms with Gasteiger partial charge in [-0.2, -0.15) is 0 Å². The van der Waals surface area contributed by atoms with Gasteiger partial charge >= 0.3 is 5.97 Å². The van der Waals surface area contributed by atoms with Gasteiger partial charge in [0.15, 0.2) is 6.10 Å². The molecule has 1 atom stereocenters. The van der Waals surface area contributed by atoms with E-state index in [9.17, 15) is 9.90 Å². The van der Waals surface area contributed by atoms with Crippen LogP contribution in [0.15, 0.2) is 30.3 Å². The SMILES string of the molecule is CCCCCCCCCCOC(Cc1ccccc1)C(=O)O. The van der Waals surface area contributed by atoms with Crippen LogP contribution in [-0.4, -0.2) is 23.8 Å². The third kappa shape index (κ3) is 8.83. The number of aliphatic carboxylic acids is 1. The van der Waals surface area contributed by atoms with Crippen LogP contribution in [0.1, 0.15) is 63.9 Å². The average molecular weight is 306 g/mol. The van der Waals surface area contributed by atoms with E-state index >= 15 is 0 Å². The topological polar surface area (TPSA) is 46.5 Å². The molecule has 0 amide bonds. The molecule has 0 heterocycles. The third-order valence-corrected chi connectivity index (χ3v) is 3.86. The van der Waals surface area contributed by atoms with Crippen molar-refractivity contribution in [2.75, 3.05) is 6.61 Å². The first-order valence-electron chi connectivity index (χ1n) is 8.62. The highest BCUT2D eigenvalue weighted by Gasteiger charge is 2.18. The lowest BCUT2D eigenvalue weighted by Crippen LogP contribution is -2.26. The number of hydrogen-bond donors (Lipinski definition) is 1. The molecule has 0 spiro atoms. The third-order valence-electron chi connectivity index (χ3n) is 3.86. The van der Waals surface area contributed by atoms with E-state index in [1.807, 2.05) is 30.3 Å². The molecule has 1 rings (SSSR count). The number of rotatable bonds is 13. The zero-order valence-corrected chi connectivity index (χ0v) is 13.8. The lowest BCUT2D eigenvalue weighted by Gasteiger charge is -2.13. The maximum absolute atomic E-state index is 11.2. The Balaban J connectivity index is 2.11. The first-order chi connectivity index (χ1) is 10.7. The summed E-state index contributed by atoms with van der Waals surface area (Å²) >= 11 is 0. The van der Waals surface area contributed by atoms with Crippen LogP contribution >= 0.6 is 0 Å². The van der Waals surface area contributed by atoms with Crippen LogP contribution in [0.5, 0.6) is 0 Å². The van der Waals surface area contributed by atoms with Gasteiger partial charge in [-0.05, 0) is 12.0 Å². The second-order valence-electron chi connectivity index (χ2n) is 5.86. The lowest BCUT2D eigenvalue weighted by atomic mass is 10.1.